The van der Waals surface area contributed by atoms with E-state index in [4.69, 9.17) is 18.9 Å². The predicted molar refractivity (Wildman–Crippen MR) is 122 cm³/mol. The minimum absolute atomic E-state index is 0.176. The molecule has 2 aromatic carbocycles. The number of carbonyl (C=O) groups is 2. The Morgan fingerprint density at radius 3 is 2.06 bits per heavy atom. The van der Waals surface area contributed by atoms with Crippen LogP contribution in [0.25, 0.3) is 0 Å². The van der Waals surface area contributed by atoms with E-state index >= 15 is 0 Å². The molecule has 0 unspecified atom stereocenters. The number of esters is 2. The highest BCUT2D eigenvalue weighted by Gasteiger charge is 2.28. The van der Waals surface area contributed by atoms with E-state index in [1.807, 2.05) is 43.3 Å². The molecule has 172 valence electrons. The Bertz CT molecular complexity index is 862. The van der Waals surface area contributed by atoms with Crippen LogP contribution in [-0.4, -0.2) is 32.4 Å². The molecule has 0 saturated carbocycles. The first kappa shape index (κ1) is 25.3. The van der Waals surface area contributed by atoms with E-state index in [9.17, 15) is 9.59 Å². The Morgan fingerprint density at radius 2 is 1.50 bits per heavy atom. The number of benzene rings is 2. The van der Waals surface area contributed by atoms with Crippen molar-refractivity contribution in [3.63, 3.8) is 0 Å². The zero-order valence-electron chi connectivity index (χ0n) is 19.2. The third-order valence-electron chi connectivity index (χ3n) is 4.69. The van der Waals surface area contributed by atoms with Gasteiger partial charge in [0.2, 0.25) is 6.10 Å². The van der Waals surface area contributed by atoms with Crippen LogP contribution in [0.15, 0.2) is 72.3 Å². The summed E-state index contributed by atoms with van der Waals surface area (Å²) in [4.78, 5) is 24.7. The van der Waals surface area contributed by atoms with E-state index in [-0.39, 0.29) is 12.7 Å². The van der Waals surface area contributed by atoms with Gasteiger partial charge < -0.3 is 18.9 Å². The van der Waals surface area contributed by atoms with Gasteiger partial charge in [0.25, 0.3) is 0 Å². The Kier molecular flexibility index (Phi) is 10.6. The summed E-state index contributed by atoms with van der Waals surface area (Å²) in [6.07, 6.45) is 0.964. The lowest BCUT2D eigenvalue weighted by molar-refractivity contribution is -0.171. The number of carbonyl (C=O) groups excluding carboxylic acids is 2. The maximum absolute atomic E-state index is 13.1. The van der Waals surface area contributed by atoms with Gasteiger partial charge in [-0.15, -0.1) is 0 Å². The van der Waals surface area contributed by atoms with Gasteiger partial charge in [0.1, 0.15) is 12.9 Å². The molecule has 0 saturated heterocycles. The average Bonchev–Trinajstić information content (AvgIpc) is 2.78. The maximum atomic E-state index is 13.1. The van der Waals surface area contributed by atoms with Crippen LogP contribution in [0, 0.1) is 5.92 Å². The average molecular weight is 441 g/mol. The molecule has 0 aliphatic heterocycles. The highest BCUT2D eigenvalue weighted by atomic mass is 16.7. The molecule has 0 aromatic heterocycles. The maximum Gasteiger partial charge on any atom is 0.352 e. The zero-order valence-corrected chi connectivity index (χ0v) is 19.2. The lowest BCUT2D eigenvalue weighted by atomic mass is 9.99. The monoisotopic (exact) mass is 440 g/mol. The fourth-order valence-electron chi connectivity index (χ4n) is 3.35. The molecule has 0 spiro atoms. The Labute approximate surface area is 190 Å². The summed E-state index contributed by atoms with van der Waals surface area (Å²) in [6, 6.07) is 18.4. The summed E-state index contributed by atoms with van der Waals surface area (Å²) in [5, 5.41) is 0. The SMILES string of the molecule is COCOC[C@H](C)/C=C(/C)C[C@H](OC(=O)[C@@H](OC(C)=O)c1ccccc1)c1ccccc1. The van der Waals surface area contributed by atoms with Gasteiger partial charge in [-0.05, 0) is 18.4 Å². The van der Waals surface area contributed by atoms with E-state index in [1.165, 1.54) is 6.92 Å². The van der Waals surface area contributed by atoms with E-state index < -0.39 is 24.1 Å². The van der Waals surface area contributed by atoms with E-state index in [0.717, 1.165) is 11.1 Å². The van der Waals surface area contributed by atoms with Crippen molar-refractivity contribution in [2.75, 3.05) is 20.5 Å². The number of hydrogen-bond acceptors (Lipinski definition) is 6. The summed E-state index contributed by atoms with van der Waals surface area (Å²) >= 11 is 0. The molecule has 0 amide bonds. The van der Waals surface area contributed by atoms with Crippen LogP contribution in [0.3, 0.4) is 0 Å². The molecule has 6 heteroatoms. The Morgan fingerprint density at radius 1 is 0.906 bits per heavy atom. The minimum Gasteiger partial charge on any atom is -0.454 e. The molecule has 3 atom stereocenters. The van der Waals surface area contributed by atoms with Crippen LogP contribution in [0.4, 0.5) is 0 Å². The van der Waals surface area contributed by atoms with Crippen LogP contribution >= 0.6 is 0 Å². The Hall–Kier alpha value is -2.96. The van der Waals surface area contributed by atoms with Crippen molar-refractivity contribution in [1.82, 2.24) is 0 Å². The normalized spacial score (nSPS) is 14.3. The van der Waals surface area contributed by atoms with Gasteiger partial charge in [-0.3, -0.25) is 4.79 Å². The van der Waals surface area contributed by atoms with Gasteiger partial charge in [0.05, 0.1) is 6.61 Å². The number of methoxy groups -OCH3 is 1. The van der Waals surface area contributed by atoms with Gasteiger partial charge in [0.15, 0.2) is 0 Å². The van der Waals surface area contributed by atoms with Crippen LogP contribution in [0.5, 0.6) is 0 Å². The van der Waals surface area contributed by atoms with Gasteiger partial charge >= 0.3 is 11.9 Å². The molecule has 0 bridgehead atoms. The largest absolute Gasteiger partial charge is 0.454 e. The van der Waals surface area contributed by atoms with E-state index in [1.54, 1.807) is 31.4 Å². The fourth-order valence-corrected chi connectivity index (χ4v) is 3.35. The second-order valence-electron chi connectivity index (χ2n) is 7.71. The summed E-state index contributed by atoms with van der Waals surface area (Å²) in [6.45, 7) is 6.10. The van der Waals surface area contributed by atoms with Crippen LogP contribution in [0.2, 0.25) is 0 Å². The molecule has 6 nitrogen and oxygen atoms in total. The zero-order chi connectivity index (χ0) is 23.3. The second-order valence-corrected chi connectivity index (χ2v) is 7.71. The van der Waals surface area contributed by atoms with Crippen LogP contribution in [-0.2, 0) is 28.5 Å². The summed E-state index contributed by atoms with van der Waals surface area (Å²) < 4.78 is 21.5. The topological polar surface area (TPSA) is 71.1 Å². The minimum atomic E-state index is -1.12. The standard InChI is InChI=1S/C26H32O6/c1-19(15-20(2)17-30-18-29-4)16-24(22-11-7-5-8-12-22)32-26(28)25(31-21(3)27)23-13-9-6-10-14-23/h5-15,20,24-25H,16-18H2,1-4H3/b19-15-/t20-,24+,25+/m1/s1. The van der Waals surface area contributed by atoms with Crippen molar-refractivity contribution in [2.24, 2.45) is 5.92 Å². The van der Waals surface area contributed by atoms with E-state index in [0.29, 0.717) is 18.6 Å². The number of hydrogen-bond donors (Lipinski definition) is 0. The molecule has 0 fully saturated rings. The van der Waals surface area contributed by atoms with E-state index in [2.05, 4.69) is 13.0 Å². The molecule has 0 N–H and O–H groups in total. The first-order chi connectivity index (χ1) is 15.4. The van der Waals surface area contributed by atoms with Crippen LogP contribution < -0.4 is 0 Å². The summed E-state index contributed by atoms with van der Waals surface area (Å²) in [5.74, 6) is -0.979. The van der Waals surface area contributed by atoms with Gasteiger partial charge in [-0.1, -0.05) is 79.2 Å². The van der Waals surface area contributed by atoms with Crippen molar-refractivity contribution >= 4 is 11.9 Å². The highest BCUT2D eigenvalue weighted by molar-refractivity contribution is 5.80. The van der Waals surface area contributed by atoms with Crippen molar-refractivity contribution in [2.45, 2.75) is 39.4 Å². The van der Waals surface area contributed by atoms with Crippen molar-refractivity contribution in [3.05, 3.63) is 83.4 Å². The molecular weight excluding hydrogens is 408 g/mol. The fraction of sp³-hybridized carbons (Fsp3) is 0.385. The van der Waals surface area contributed by atoms with Crippen LogP contribution in [0.1, 0.15) is 50.5 Å². The molecule has 0 aliphatic rings. The molecule has 32 heavy (non-hydrogen) atoms. The first-order valence-electron chi connectivity index (χ1n) is 10.6. The molecule has 0 radical (unpaired) electrons. The third-order valence-corrected chi connectivity index (χ3v) is 4.69. The molecule has 0 heterocycles. The van der Waals surface area contributed by atoms with Gasteiger partial charge in [0, 0.05) is 26.0 Å². The molecule has 2 aromatic rings. The second kappa shape index (κ2) is 13.5. The summed E-state index contributed by atoms with van der Waals surface area (Å²) in [5.41, 5.74) is 2.49. The number of rotatable bonds is 12. The molecule has 0 aliphatic carbocycles. The summed E-state index contributed by atoms with van der Waals surface area (Å²) in [7, 11) is 1.59. The molecule has 2 rings (SSSR count). The lowest BCUT2D eigenvalue weighted by Crippen LogP contribution is -2.23. The smallest absolute Gasteiger partial charge is 0.352 e. The van der Waals surface area contributed by atoms with Gasteiger partial charge in [-0.25, -0.2) is 4.79 Å². The van der Waals surface area contributed by atoms with Crippen molar-refractivity contribution in [3.8, 4) is 0 Å². The first-order valence-corrected chi connectivity index (χ1v) is 10.6. The molecular formula is C26H32O6. The van der Waals surface area contributed by atoms with Crippen molar-refractivity contribution in [1.29, 1.82) is 0 Å². The lowest BCUT2D eigenvalue weighted by Gasteiger charge is -2.23. The quantitative estimate of drug-likeness (QED) is 0.196. The van der Waals surface area contributed by atoms with Crippen molar-refractivity contribution < 1.29 is 28.5 Å². The van der Waals surface area contributed by atoms with Gasteiger partial charge in [-0.2, -0.15) is 0 Å². The number of ether oxygens (including phenoxy) is 4. The highest BCUT2D eigenvalue weighted by Crippen LogP contribution is 2.29. The third kappa shape index (κ3) is 8.65. The Balaban J connectivity index is 2.19. The predicted octanol–water partition coefficient (Wildman–Crippen LogP) is 5.17.